The molecule has 0 unspecified atom stereocenters. The molecule has 3 aromatic rings. The fraction of sp³-hybridized carbons (Fsp3) is 0. The maximum Gasteiger partial charge on any atom is 0.353 e. The van der Waals surface area contributed by atoms with Gasteiger partial charge in [0.25, 0.3) is 5.56 Å². The number of benzene rings is 1. The van der Waals surface area contributed by atoms with Gasteiger partial charge in [0.15, 0.2) is 0 Å². The van der Waals surface area contributed by atoms with E-state index in [0.29, 0.717) is 22.0 Å². The fourth-order valence-electron chi connectivity index (χ4n) is 2.20. The summed E-state index contributed by atoms with van der Waals surface area (Å²) in [6, 6.07) is 10.5. The Balaban J connectivity index is 2.52. The number of H-pyrrole nitrogens is 2. The maximum atomic E-state index is 11.9. The van der Waals surface area contributed by atoms with Gasteiger partial charge in [-0.2, -0.15) is 0 Å². The van der Waals surface area contributed by atoms with Crippen molar-refractivity contribution in [3.05, 3.63) is 58.6 Å². The fourth-order valence-corrected chi connectivity index (χ4v) is 2.20. The van der Waals surface area contributed by atoms with Gasteiger partial charge in [0.2, 0.25) is 0 Å². The number of carboxylic acids is 1. The Morgan fingerprint density at radius 2 is 1.79 bits per heavy atom. The number of nitrogens with one attached hydrogen (secondary N) is 2. The van der Waals surface area contributed by atoms with Gasteiger partial charge in [-0.05, 0) is 23.6 Å². The van der Waals surface area contributed by atoms with Crippen LogP contribution in [0.1, 0.15) is 10.5 Å². The molecule has 0 bridgehead atoms. The van der Waals surface area contributed by atoms with E-state index < -0.39 is 11.5 Å². The highest BCUT2D eigenvalue weighted by molar-refractivity contribution is 6.05. The number of carbonyl (C=O) groups is 1. The first-order chi connectivity index (χ1) is 9.18. The minimum atomic E-state index is -1.16. The lowest BCUT2D eigenvalue weighted by molar-refractivity contribution is 0.0691. The van der Waals surface area contributed by atoms with E-state index in [1.165, 1.54) is 0 Å². The summed E-state index contributed by atoms with van der Waals surface area (Å²) in [5.74, 6) is -1.16. The summed E-state index contributed by atoms with van der Waals surface area (Å²) in [6.07, 6.45) is 1.71. The minimum Gasteiger partial charge on any atom is -0.477 e. The van der Waals surface area contributed by atoms with E-state index in [2.05, 4.69) is 9.97 Å². The Bertz CT molecular complexity index is 816. The molecule has 2 heterocycles. The molecule has 0 radical (unpaired) electrons. The smallest absolute Gasteiger partial charge is 0.353 e. The molecule has 0 atom stereocenters. The van der Waals surface area contributed by atoms with Gasteiger partial charge in [-0.15, -0.1) is 0 Å². The SMILES string of the molecule is O=C(O)c1[nH]c(=O)c2ccccc2c1-c1ccc[nH]1. The van der Waals surface area contributed by atoms with Crippen LogP contribution in [-0.2, 0) is 0 Å². The number of pyridine rings is 1. The van der Waals surface area contributed by atoms with Crippen molar-refractivity contribution in [2.45, 2.75) is 0 Å². The minimum absolute atomic E-state index is 0.105. The number of aromatic nitrogens is 2. The van der Waals surface area contributed by atoms with Crippen molar-refractivity contribution in [3.63, 3.8) is 0 Å². The monoisotopic (exact) mass is 254 g/mol. The number of aromatic carboxylic acids is 1. The van der Waals surface area contributed by atoms with E-state index in [1.807, 2.05) is 0 Å². The molecule has 0 aliphatic heterocycles. The average Bonchev–Trinajstić information content (AvgIpc) is 2.92. The first-order valence-electron chi connectivity index (χ1n) is 5.70. The topological polar surface area (TPSA) is 85.9 Å². The van der Waals surface area contributed by atoms with Crippen molar-refractivity contribution in [3.8, 4) is 11.3 Å². The summed E-state index contributed by atoms with van der Waals surface area (Å²) < 4.78 is 0. The predicted molar refractivity (Wildman–Crippen MR) is 71.3 cm³/mol. The van der Waals surface area contributed by atoms with Crippen LogP contribution in [-0.4, -0.2) is 21.0 Å². The molecular formula is C14H10N2O3. The normalized spacial score (nSPS) is 10.7. The molecule has 0 aliphatic carbocycles. The van der Waals surface area contributed by atoms with Gasteiger partial charge in [0.05, 0.1) is 0 Å². The summed E-state index contributed by atoms with van der Waals surface area (Å²) in [4.78, 5) is 28.6. The van der Waals surface area contributed by atoms with E-state index in [-0.39, 0.29) is 5.69 Å². The second-order valence-electron chi connectivity index (χ2n) is 4.14. The third kappa shape index (κ3) is 1.72. The zero-order chi connectivity index (χ0) is 13.4. The van der Waals surface area contributed by atoms with Crippen LogP contribution in [0.4, 0.5) is 0 Å². The lowest BCUT2D eigenvalue weighted by Crippen LogP contribution is -2.15. The van der Waals surface area contributed by atoms with Crippen molar-refractivity contribution in [1.29, 1.82) is 0 Å². The molecule has 5 heteroatoms. The van der Waals surface area contributed by atoms with Gasteiger partial charge in [-0.1, -0.05) is 18.2 Å². The molecular weight excluding hydrogens is 244 g/mol. The molecule has 0 amide bonds. The average molecular weight is 254 g/mol. The highest BCUT2D eigenvalue weighted by atomic mass is 16.4. The Morgan fingerprint density at radius 3 is 2.42 bits per heavy atom. The standard InChI is InChI=1S/C14H10N2O3/c17-13-9-5-2-1-4-8(9)11(10-6-3-7-15-10)12(16-13)14(18)19/h1-7,15H,(H,16,17)(H,18,19). The van der Waals surface area contributed by atoms with Gasteiger partial charge in [0.1, 0.15) is 5.69 Å². The van der Waals surface area contributed by atoms with Crippen LogP contribution >= 0.6 is 0 Å². The molecule has 94 valence electrons. The Hall–Kier alpha value is -2.82. The van der Waals surface area contributed by atoms with Crippen LogP contribution in [0.25, 0.3) is 22.0 Å². The van der Waals surface area contributed by atoms with Crippen molar-refractivity contribution in [1.82, 2.24) is 9.97 Å². The second-order valence-corrected chi connectivity index (χ2v) is 4.14. The van der Waals surface area contributed by atoms with E-state index in [0.717, 1.165) is 0 Å². The van der Waals surface area contributed by atoms with Crippen molar-refractivity contribution >= 4 is 16.7 Å². The molecule has 3 rings (SSSR count). The zero-order valence-electron chi connectivity index (χ0n) is 9.81. The molecule has 0 fully saturated rings. The number of carboxylic acid groups (broad SMARTS) is 1. The van der Waals surface area contributed by atoms with Crippen molar-refractivity contribution in [2.75, 3.05) is 0 Å². The number of hydrogen-bond acceptors (Lipinski definition) is 2. The van der Waals surface area contributed by atoms with E-state index in [4.69, 9.17) is 0 Å². The van der Waals surface area contributed by atoms with Gasteiger partial charge >= 0.3 is 5.97 Å². The van der Waals surface area contributed by atoms with Crippen molar-refractivity contribution < 1.29 is 9.90 Å². The first-order valence-corrected chi connectivity index (χ1v) is 5.70. The van der Waals surface area contributed by atoms with Crippen LogP contribution in [0.3, 0.4) is 0 Å². The highest BCUT2D eigenvalue weighted by Crippen LogP contribution is 2.28. The molecule has 0 spiro atoms. The van der Waals surface area contributed by atoms with Gasteiger partial charge in [-0.3, -0.25) is 4.79 Å². The largest absolute Gasteiger partial charge is 0.477 e. The summed E-state index contributed by atoms with van der Waals surface area (Å²) in [5, 5.41) is 10.4. The van der Waals surface area contributed by atoms with Crippen LogP contribution in [0.5, 0.6) is 0 Å². The first kappa shape index (κ1) is 11.3. The molecule has 1 aromatic carbocycles. The summed E-state index contributed by atoms with van der Waals surface area (Å²) in [5.41, 5.74) is 0.645. The quantitative estimate of drug-likeness (QED) is 0.655. The number of rotatable bonds is 2. The van der Waals surface area contributed by atoms with E-state index in [9.17, 15) is 14.7 Å². The summed E-state index contributed by atoms with van der Waals surface area (Å²) in [6.45, 7) is 0. The van der Waals surface area contributed by atoms with Crippen LogP contribution in [0.15, 0.2) is 47.4 Å². The van der Waals surface area contributed by atoms with Crippen LogP contribution < -0.4 is 5.56 Å². The maximum absolute atomic E-state index is 11.9. The number of fused-ring (bicyclic) bond motifs is 1. The van der Waals surface area contributed by atoms with Crippen LogP contribution in [0.2, 0.25) is 0 Å². The van der Waals surface area contributed by atoms with Crippen molar-refractivity contribution in [2.24, 2.45) is 0 Å². The van der Waals surface area contributed by atoms with Gasteiger partial charge < -0.3 is 15.1 Å². The third-order valence-electron chi connectivity index (χ3n) is 3.01. The molecule has 5 nitrogen and oxygen atoms in total. The van der Waals surface area contributed by atoms with Gasteiger partial charge in [0, 0.05) is 22.8 Å². The summed E-state index contributed by atoms with van der Waals surface area (Å²) >= 11 is 0. The lowest BCUT2D eigenvalue weighted by atomic mass is 10.0. The Kier molecular flexibility index (Phi) is 2.45. The van der Waals surface area contributed by atoms with E-state index >= 15 is 0 Å². The molecule has 2 aromatic heterocycles. The summed E-state index contributed by atoms with van der Waals surface area (Å²) in [7, 11) is 0. The molecule has 0 aliphatic rings. The second kappa shape index (κ2) is 4.13. The molecule has 19 heavy (non-hydrogen) atoms. The third-order valence-corrected chi connectivity index (χ3v) is 3.01. The molecule has 0 saturated heterocycles. The van der Waals surface area contributed by atoms with E-state index in [1.54, 1.807) is 42.6 Å². The van der Waals surface area contributed by atoms with Crippen LogP contribution in [0, 0.1) is 0 Å². The Labute approximate surface area is 107 Å². The number of hydrogen-bond donors (Lipinski definition) is 3. The highest BCUT2D eigenvalue weighted by Gasteiger charge is 2.18. The van der Waals surface area contributed by atoms with Gasteiger partial charge in [-0.25, -0.2) is 4.79 Å². The number of aromatic amines is 2. The molecule has 0 saturated carbocycles. The Morgan fingerprint density at radius 1 is 1.05 bits per heavy atom. The molecule has 3 N–H and O–H groups in total. The lowest BCUT2D eigenvalue weighted by Gasteiger charge is -2.08. The zero-order valence-corrected chi connectivity index (χ0v) is 9.81. The predicted octanol–water partition coefficient (Wildman–Crippen LogP) is 2.22.